The smallest absolute Gasteiger partial charge is 0.358 e. The molecule has 3 rings (SSSR count). The minimum atomic E-state index is -0.531. The molecule has 2 heterocycles. The number of carbonyl (C=O) groups is 1. The molecule has 0 bridgehead atoms. The fourth-order valence-corrected chi connectivity index (χ4v) is 2.26. The van der Waals surface area contributed by atoms with Gasteiger partial charge in [0.1, 0.15) is 5.82 Å². The Morgan fingerprint density at radius 1 is 1.35 bits per heavy atom. The van der Waals surface area contributed by atoms with Crippen molar-refractivity contribution in [3.8, 4) is 0 Å². The summed E-state index contributed by atoms with van der Waals surface area (Å²) in [4.78, 5) is 21.4. The summed E-state index contributed by atoms with van der Waals surface area (Å²) in [5.74, 6) is -0.228. The van der Waals surface area contributed by atoms with E-state index in [1.807, 2.05) is 4.90 Å². The molecule has 1 aromatic carbocycles. The van der Waals surface area contributed by atoms with Crippen LogP contribution in [0.3, 0.4) is 0 Å². The molecule has 2 aromatic rings. The first-order valence-corrected chi connectivity index (χ1v) is 6.15. The van der Waals surface area contributed by atoms with Crippen molar-refractivity contribution in [3.63, 3.8) is 0 Å². The van der Waals surface area contributed by atoms with Gasteiger partial charge in [-0.1, -0.05) is 6.07 Å². The minimum absolute atomic E-state index is 0.148. The van der Waals surface area contributed by atoms with E-state index in [2.05, 4.69) is 14.7 Å². The van der Waals surface area contributed by atoms with Gasteiger partial charge in [-0.3, -0.25) is 0 Å². The second kappa shape index (κ2) is 4.88. The van der Waals surface area contributed by atoms with Gasteiger partial charge in [-0.2, -0.15) is 0 Å². The number of ether oxygens (including phenoxy) is 1. The van der Waals surface area contributed by atoms with E-state index in [4.69, 9.17) is 0 Å². The van der Waals surface area contributed by atoms with Crippen LogP contribution < -0.4 is 4.90 Å². The molecule has 20 heavy (non-hydrogen) atoms. The van der Waals surface area contributed by atoms with Crippen molar-refractivity contribution in [2.75, 3.05) is 18.6 Å². The summed E-state index contributed by atoms with van der Waals surface area (Å²) in [6, 6.07) is 4.72. The Kier molecular flexibility index (Phi) is 3.06. The number of methoxy groups -OCH3 is 1. The van der Waals surface area contributed by atoms with Crippen LogP contribution in [-0.2, 0) is 11.2 Å². The molecule has 0 saturated carbocycles. The van der Waals surface area contributed by atoms with E-state index in [1.54, 1.807) is 6.07 Å². The van der Waals surface area contributed by atoms with Crippen LogP contribution in [0.15, 0.2) is 30.6 Å². The third-order valence-electron chi connectivity index (χ3n) is 3.25. The van der Waals surface area contributed by atoms with Crippen LogP contribution in [0, 0.1) is 5.82 Å². The maximum Gasteiger partial charge on any atom is 0.358 e. The van der Waals surface area contributed by atoms with E-state index in [0.717, 1.165) is 17.7 Å². The summed E-state index contributed by atoms with van der Waals surface area (Å²) < 4.78 is 17.9. The first kappa shape index (κ1) is 12.5. The second-order valence-electron chi connectivity index (χ2n) is 4.43. The maximum atomic E-state index is 13.3. The van der Waals surface area contributed by atoms with E-state index < -0.39 is 5.97 Å². The van der Waals surface area contributed by atoms with E-state index >= 15 is 0 Å². The highest BCUT2D eigenvalue weighted by molar-refractivity contribution is 5.86. The van der Waals surface area contributed by atoms with Gasteiger partial charge < -0.3 is 9.64 Å². The van der Waals surface area contributed by atoms with E-state index in [1.165, 1.54) is 31.6 Å². The highest BCUT2D eigenvalue weighted by Gasteiger charge is 2.22. The lowest BCUT2D eigenvalue weighted by atomic mass is 10.2. The average molecular weight is 273 g/mol. The first-order valence-electron chi connectivity index (χ1n) is 6.15. The van der Waals surface area contributed by atoms with Crippen LogP contribution in [0.5, 0.6) is 0 Å². The van der Waals surface area contributed by atoms with Crippen molar-refractivity contribution >= 4 is 17.5 Å². The van der Waals surface area contributed by atoms with Crippen molar-refractivity contribution in [2.24, 2.45) is 0 Å². The molecule has 0 N–H and O–H groups in total. The van der Waals surface area contributed by atoms with Gasteiger partial charge in [-0.05, 0) is 24.1 Å². The second-order valence-corrected chi connectivity index (χ2v) is 4.43. The SMILES string of the molecule is COC(=O)c1cnc(N2CCc3ccc(F)cc32)cn1. The summed E-state index contributed by atoms with van der Waals surface area (Å²) in [6.07, 6.45) is 3.68. The van der Waals surface area contributed by atoms with Gasteiger partial charge in [0.15, 0.2) is 11.5 Å². The van der Waals surface area contributed by atoms with Crippen LogP contribution in [-0.4, -0.2) is 29.6 Å². The molecule has 0 radical (unpaired) electrons. The third kappa shape index (κ3) is 2.09. The molecular weight excluding hydrogens is 261 g/mol. The Bertz CT molecular complexity index is 658. The fraction of sp³-hybridized carbons (Fsp3) is 0.214. The molecular formula is C14H12FN3O2. The zero-order valence-electron chi connectivity index (χ0n) is 10.8. The monoisotopic (exact) mass is 273 g/mol. The first-order chi connectivity index (χ1) is 9.69. The van der Waals surface area contributed by atoms with Gasteiger partial charge in [0, 0.05) is 12.2 Å². The van der Waals surface area contributed by atoms with Gasteiger partial charge in [0.25, 0.3) is 0 Å². The zero-order chi connectivity index (χ0) is 14.1. The van der Waals surface area contributed by atoms with Crippen LogP contribution in [0.1, 0.15) is 16.1 Å². The Morgan fingerprint density at radius 3 is 2.90 bits per heavy atom. The standard InChI is InChI=1S/C14H12FN3O2/c1-20-14(19)11-7-17-13(8-16-11)18-5-4-9-2-3-10(15)6-12(9)18/h2-3,6-8H,4-5H2,1H3. The summed E-state index contributed by atoms with van der Waals surface area (Å²) in [5.41, 5.74) is 2.02. The summed E-state index contributed by atoms with van der Waals surface area (Å²) in [7, 11) is 1.29. The average Bonchev–Trinajstić information content (AvgIpc) is 2.89. The van der Waals surface area contributed by atoms with Gasteiger partial charge in [-0.15, -0.1) is 0 Å². The van der Waals surface area contributed by atoms with Crippen LogP contribution >= 0.6 is 0 Å². The molecule has 1 aliphatic rings. The molecule has 5 nitrogen and oxygen atoms in total. The predicted molar refractivity (Wildman–Crippen MR) is 70.5 cm³/mol. The van der Waals surface area contributed by atoms with Crippen LogP contribution in [0.2, 0.25) is 0 Å². The number of carbonyl (C=O) groups excluding carboxylic acids is 1. The topological polar surface area (TPSA) is 55.3 Å². The molecule has 0 atom stereocenters. The van der Waals surface area contributed by atoms with Gasteiger partial charge in [-0.25, -0.2) is 19.2 Å². The minimum Gasteiger partial charge on any atom is -0.464 e. The van der Waals surface area contributed by atoms with Crippen molar-refractivity contribution in [3.05, 3.63) is 47.7 Å². The largest absolute Gasteiger partial charge is 0.464 e. The van der Waals surface area contributed by atoms with Crippen molar-refractivity contribution in [1.82, 2.24) is 9.97 Å². The number of aromatic nitrogens is 2. The summed E-state index contributed by atoms with van der Waals surface area (Å²) in [5, 5.41) is 0. The Labute approximate surface area is 115 Å². The van der Waals surface area contributed by atoms with Gasteiger partial charge in [0.2, 0.25) is 0 Å². The highest BCUT2D eigenvalue weighted by atomic mass is 19.1. The fourth-order valence-electron chi connectivity index (χ4n) is 2.26. The molecule has 0 saturated heterocycles. The molecule has 1 aromatic heterocycles. The zero-order valence-corrected chi connectivity index (χ0v) is 10.8. The lowest BCUT2D eigenvalue weighted by Gasteiger charge is -2.17. The number of benzene rings is 1. The normalized spacial score (nSPS) is 13.2. The Hall–Kier alpha value is -2.50. The maximum absolute atomic E-state index is 13.3. The van der Waals surface area contributed by atoms with Gasteiger partial charge >= 0.3 is 5.97 Å². The molecule has 0 fully saturated rings. The molecule has 1 aliphatic heterocycles. The highest BCUT2D eigenvalue weighted by Crippen LogP contribution is 2.33. The number of nitrogens with zero attached hydrogens (tertiary/aromatic N) is 3. The number of hydrogen-bond donors (Lipinski definition) is 0. The predicted octanol–water partition coefficient (Wildman–Crippen LogP) is 2.10. The molecule has 0 unspecified atom stereocenters. The van der Waals surface area contributed by atoms with Crippen molar-refractivity contribution < 1.29 is 13.9 Å². The molecule has 0 amide bonds. The van der Waals surface area contributed by atoms with E-state index in [9.17, 15) is 9.18 Å². The Morgan fingerprint density at radius 2 is 2.20 bits per heavy atom. The van der Waals surface area contributed by atoms with Crippen molar-refractivity contribution in [2.45, 2.75) is 6.42 Å². The Balaban J connectivity index is 1.92. The quantitative estimate of drug-likeness (QED) is 0.784. The van der Waals surface area contributed by atoms with Crippen molar-refractivity contribution in [1.29, 1.82) is 0 Å². The number of rotatable bonds is 2. The number of hydrogen-bond acceptors (Lipinski definition) is 5. The van der Waals surface area contributed by atoms with E-state index in [-0.39, 0.29) is 11.5 Å². The third-order valence-corrected chi connectivity index (χ3v) is 3.25. The summed E-state index contributed by atoms with van der Waals surface area (Å²) in [6.45, 7) is 0.713. The molecule has 0 spiro atoms. The summed E-state index contributed by atoms with van der Waals surface area (Å²) >= 11 is 0. The molecule has 6 heteroatoms. The molecule has 0 aliphatic carbocycles. The van der Waals surface area contributed by atoms with Crippen LogP contribution in [0.25, 0.3) is 0 Å². The van der Waals surface area contributed by atoms with Gasteiger partial charge in [0.05, 0.1) is 19.5 Å². The molecule has 102 valence electrons. The van der Waals surface area contributed by atoms with E-state index in [0.29, 0.717) is 12.4 Å². The number of halogens is 1. The number of anilines is 2. The number of esters is 1. The lowest BCUT2D eigenvalue weighted by Crippen LogP contribution is -2.16. The number of fused-ring (bicyclic) bond motifs is 1. The van der Waals surface area contributed by atoms with Crippen LogP contribution in [0.4, 0.5) is 15.9 Å². The lowest BCUT2D eigenvalue weighted by molar-refractivity contribution is 0.0593.